The third kappa shape index (κ3) is 3.11. The molecule has 0 fully saturated rings. The monoisotopic (exact) mass is 368 g/mol. The predicted octanol–water partition coefficient (Wildman–Crippen LogP) is 4.79. The highest BCUT2D eigenvalue weighted by molar-refractivity contribution is 8.47. The topological polar surface area (TPSA) is 0 Å². The predicted molar refractivity (Wildman–Crippen MR) is 117 cm³/mol. The average Bonchev–Trinajstić information content (AvgIpc) is 2.68. The Morgan fingerprint density at radius 2 is 0.833 bits per heavy atom. The number of rotatable bonds is 5. The van der Waals surface area contributed by atoms with Gasteiger partial charge in [0.1, 0.15) is 0 Å². The number of hydrogen-bond donors (Lipinski definition) is 0. The van der Waals surface area contributed by atoms with Gasteiger partial charge in [-0.3, -0.25) is 0 Å². The molecular weight excluding hydrogens is 347 g/mol. The van der Waals surface area contributed by atoms with Gasteiger partial charge in [0.25, 0.3) is 0 Å². The highest BCUT2D eigenvalue weighted by Crippen LogP contribution is 2.50. The van der Waals surface area contributed by atoms with Crippen LogP contribution in [0.3, 0.4) is 0 Å². The molecule has 24 heavy (non-hydrogen) atoms. The Balaban J connectivity index is 2.50. The lowest BCUT2D eigenvalue weighted by Crippen LogP contribution is -2.28. The van der Waals surface area contributed by atoms with Crippen LogP contribution in [0.2, 0.25) is 0 Å². The summed E-state index contributed by atoms with van der Waals surface area (Å²) in [6, 6.07) is 33.0. The van der Waals surface area contributed by atoms with Crippen molar-refractivity contribution in [1.29, 1.82) is 0 Å². The molecule has 0 aliphatic heterocycles. The zero-order valence-electron chi connectivity index (χ0n) is 13.9. The molecule has 0 atom stereocenters. The van der Waals surface area contributed by atoms with Gasteiger partial charge >= 0.3 is 0 Å². The summed E-state index contributed by atoms with van der Waals surface area (Å²) in [4.78, 5) is 0. The molecule has 0 aromatic heterocycles. The molecule has 3 rings (SSSR count). The average molecular weight is 369 g/mol. The molecule has 0 spiro atoms. The van der Waals surface area contributed by atoms with E-state index in [1.54, 1.807) is 0 Å². The van der Waals surface area contributed by atoms with Gasteiger partial charge in [0.05, 0.1) is 0 Å². The van der Waals surface area contributed by atoms with E-state index in [0.29, 0.717) is 0 Å². The minimum Gasteiger partial charge on any atom is -0.122 e. The summed E-state index contributed by atoms with van der Waals surface area (Å²) in [6.45, 7) is -1.82. The zero-order chi connectivity index (χ0) is 16.8. The van der Waals surface area contributed by atoms with Crippen LogP contribution in [-0.2, 0) is 0 Å². The largest absolute Gasteiger partial charge is 0.122 e. The van der Waals surface area contributed by atoms with Crippen LogP contribution in [0.5, 0.6) is 0 Å². The molecular formula is C21H21PS2. The lowest BCUT2D eigenvalue weighted by Gasteiger charge is -2.31. The van der Waals surface area contributed by atoms with E-state index in [4.69, 9.17) is 0 Å². The van der Waals surface area contributed by atoms with Crippen molar-refractivity contribution in [3.05, 3.63) is 91.0 Å². The van der Waals surface area contributed by atoms with Gasteiger partial charge in [0, 0.05) is 3.96 Å². The Bertz CT molecular complexity index is 718. The maximum Gasteiger partial charge on any atom is 0.0487 e. The highest BCUT2D eigenvalue weighted by Gasteiger charge is 2.29. The van der Waals surface area contributed by atoms with Gasteiger partial charge < -0.3 is 0 Å². The number of benzene rings is 3. The van der Waals surface area contributed by atoms with Crippen LogP contribution < -0.4 is 15.9 Å². The van der Waals surface area contributed by atoms with Crippen molar-refractivity contribution in [1.82, 2.24) is 0 Å². The summed E-state index contributed by atoms with van der Waals surface area (Å²) >= 11 is 3.78. The van der Waals surface area contributed by atoms with Crippen molar-refractivity contribution >= 4 is 50.3 Å². The van der Waals surface area contributed by atoms with Crippen LogP contribution in [-0.4, -0.2) is 16.5 Å². The second kappa shape index (κ2) is 8.16. The molecule has 0 radical (unpaired) electrons. The van der Waals surface area contributed by atoms with Crippen molar-refractivity contribution in [2.45, 2.75) is 0 Å². The fourth-order valence-electron chi connectivity index (χ4n) is 3.08. The standard InChI is InChI=1S/C21H21PS2/c1-23-21(24-2)22(18-12-6-3-7-13-18,19-14-8-4-9-15-19)20-16-10-5-11-17-20/h3-17H,1-2H3. The molecule has 0 amide bonds. The second-order valence-electron chi connectivity index (χ2n) is 5.35. The molecule has 3 aromatic rings. The van der Waals surface area contributed by atoms with Crippen LogP contribution in [0.15, 0.2) is 91.0 Å². The minimum atomic E-state index is -1.82. The molecule has 0 saturated heterocycles. The van der Waals surface area contributed by atoms with Crippen LogP contribution >= 0.6 is 30.4 Å². The molecule has 3 heteroatoms. The van der Waals surface area contributed by atoms with E-state index in [9.17, 15) is 0 Å². The Hall–Kier alpha value is -1.34. The van der Waals surface area contributed by atoms with Gasteiger partial charge in [0.2, 0.25) is 0 Å². The summed E-state index contributed by atoms with van der Waals surface area (Å²) in [7, 11) is 0. The Kier molecular flexibility index (Phi) is 5.94. The van der Waals surface area contributed by atoms with Gasteiger partial charge in [-0.1, -0.05) is 91.0 Å². The lowest BCUT2D eigenvalue weighted by molar-refractivity contribution is 1.73. The quantitative estimate of drug-likeness (QED) is 0.594. The third-order valence-corrected chi connectivity index (χ3v) is 12.3. The summed E-state index contributed by atoms with van der Waals surface area (Å²) in [6.07, 6.45) is 4.41. The van der Waals surface area contributed by atoms with E-state index >= 15 is 0 Å². The van der Waals surface area contributed by atoms with Crippen LogP contribution in [0.1, 0.15) is 0 Å². The summed E-state index contributed by atoms with van der Waals surface area (Å²) in [5.41, 5.74) is 0. The van der Waals surface area contributed by atoms with E-state index < -0.39 is 6.89 Å². The van der Waals surface area contributed by atoms with Gasteiger partial charge in [-0.2, -0.15) is 0 Å². The Morgan fingerprint density at radius 1 is 0.542 bits per heavy atom. The minimum absolute atomic E-state index is 1.42. The molecule has 122 valence electrons. The SMILES string of the molecule is CSC(SC)=P(c1ccccc1)(c1ccccc1)c1ccccc1. The fraction of sp³-hybridized carbons (Fsp3) is 0.0952. The van der Waals surface area contributed by atoms with E-state index in [1.807, 2.05) is 23.5 Å². The van der Waals surface area contributed by atoms with Gasteiger partial charge in [-0.05, 0) is 35.3 Å². The maximum atomic E-state index is 2.29. The number of thioether (sulfide) groups is 2. The fourth-order valence-corrected chi connectivity index (χ4v) is 11.2. The van der Waals surface area contributed by atoms with Crippen molar-refractivity contribution in [3.63, 3.8) is 0 Å². The molecule has 0 nitrogen and oxygen atoms in total. The molecule has 0 heterocycles. The summed E-state index contributed by atoms with van der Waals surface area (Å²) in [5.74, 6) is 0. The van der Waals surface area contributed by atoms with Gasteiger partial charge in [0.15, 0.2) is 0 Å². The van der Waals surface area contributed by atoms with E-state index in [1.165, 1.54) is 19.9 Å². The molecule has 0 aliphatic carbocycles. The smallest absolute Gasteiger partial charge is 0.0487 e. The van der Waals surface area contributed by atoms with Crippen LogP contribution in [0.4, 0.5) is 0 Å². The normalized spacial score (nSPS) is 11.2. The van der Waals surface area contributed by atoms with Crippen LogP contribution in [0, 0.1) is 0 Å². The Morgan fingerprint density at radius 3 is 1.08 bits per heavy atom. The highest BCUT2D eigenvalue weighted by atomic mass is 32.2. The molecule has 0 unspecified atom stereocenters. The van der Waals surface area contributed by atoms with E-state index in [2.05, 4.69) is 104 Å². The first-order chi connectivity index (χ1) is 11.8. The first-order valence-corrected chi connectivity index (χ1v) is 12.1. The van der Waals surface area contributed by atoms with Crippen molar-refractivity contribution in [3.8, 4) is 0 Å². The molecule has 0 bridgehead atoms. The van der Waals surface area contributed by atoms with Crippen molar-refractivity contribution < 1.29 is 0 Å². The Labute approximate surface area is 153 Å². The van der Waals surface area contributed by atoms with E-state index in [-0.39, 0.29) is 0 Å². The van der Waals surface area contributed by atoms with Gasteiger partial charge in [-0.25, -0.2) is 0 Å². The first-order valence-electron chi connectivity index (χ1n) is 7.85. The molecule has 0 saturated carbocycles. The molecule has 0 aliphatic rings. The lowest BCUT2D eigenvalue weighted by atomic mass is 10.4. The van der Waals surface area contributed by atoms with Crippen molar-refractivity contribution in [2.75, 3.05) is 12.5 Å². The van der Waals surface area contributed by atoms with Gasteiger partial charge in [-0.15, -0.1) is 23.5 Å². The van der Waals surface area contributed by atoms with Crippen LogP contribution in [0.25, 0.3) is 0 Å². The maximum absolute atomic E-state index is 2.29. The summed E-state index contributed by atoms with van der Waals surface area (Å²) < 4.78 is 1.49. The molecule has 0 N–H and O–H groups in total. The second-order valence-corrected chi connectivity index (χ2v) is 11.2. The summed E-state index contributed by atoms with van der Waals surface area (Å²) in [5, 5.41) is 4.25. The van der Waals surface area contributed by atoms with E-state index in [0.717, 1.165) is 0 Å². The third-order valence-electron chi connectivity index (χ3n) is 4.05. The zero-order valence-corrected chi connectivity index (χ0v) is 16.5. The first kappa shape index (κ1) is 17.5. The molecule has 3 aromatic carbocycles. The number of hydrogen-bond acceptors (Lipinski definition) is 2. The van der Waals surface area contributed by atoms with Crippen molar-refractivity contribution in [2.24, 2.45) is 0 Å².